The molecule has 0 atom stereocenters. The molecule has 0 N–H and O–H groups in total. The molecule has 0 amide bonds. The Bertz CT molecular complexity index is 433. The Morgan fingerprint density at radius 3 is 2.83 bits per heavy atom. The van der Waals surface area contributed by atoms with Gasteiger partial charge in [-0.1, -0.05) is 9.61 Å². The predicted molar refractivity (Wildman–Crippen MR) is 47.3 cm³/mol. The number of rotatable bonds is 0. The zero-order valence-electron chi connectivity index (χ0n) is 7.33. The third-order valence-corrected chi connectivity index (χ3v) is 2.84. The van der Waals surface area contributed by atoms with Crippen LogP contribution in [0.2, 0.25) is 0 Å². The Labute approximate surface area is 74.7 Å². The van der Waals surface area contributed by atoms with Gasteiger partial charge in [-0.25, -0.2) is 0 Å². The standard InChI is InChI=1S/C8H10N3S/c1-5-6(2)10-8-11(7(5)3)9-4-12-8/h4H,1-3H3/q+1. The molecule has 0 saturated heterocycles. The van der Waals surface area contributed by atoms with Gasteiger partial charge in [0.2, 0.25) is 0 Å². The van der Waals surface area contributed by atoms with Crippen molar-refractivity contribution in [3.63, 3.8) is 0 Å². The van der Waals surface area contributed by atoms with Gasteiger partial charge in [0, 0.05) is 19.4 Å². The fraction of sp³-hybridized carbons (Fsp3) is 0.375. The van der Waals surface area contributed by atoms with Crippen molar-refractivity contribution in [1.82, 2.24) is 10.1 Å². The number of aryl methyl sites for hydroxylation is 2. The molecule has 0 aliphatic heterocycles. The molecule has 0 bridgehead atoms. The molecule has 0 unspecified atom stereocenters. The second-order valence-electron chi connectivity index (χ2n) is 2.84. The lowest BCUT2D eigenvalue weighted by molar-refractivity contribution is -0.585. The van der Waals surface area contributed by atoms with E-state index in [4.69, 9.17) is 0 Å². The summed E-state index contributed by atoms with van der Waals surface area (Å²) in [6.07, 6.45) is 0. The van der Waals surface area contributed by atoms with Gasteiger partial charge in [-0.3, -0.25) is 0 Å². The molecule has 0 radical (unpaired) electrons. The van der Waals surface area contributed by atoms with Crippen molar-refractivity contribution in [3.05, 3.63) is 22.5 Å². The molecule has 0 aliphatic rings. The normalized spacial score (nSPS) is 10.9. The topological polar surface area (TPSA) is 29.9 Å². The van der Waals surface area contributed by atoms with Crippen molar-refractivity contribution in [3.8, 4) is 0 Å². The largest absolute Gasteiger partial charge is 0.409 e. The summed E-state index contributed by atoms with van der Waals surface area (Å²) in [7, 11) is 0. The molecule has 0 spiro atoms. The number of aromatic nitrogens is 3. The van der Waals surface area contributed by atoms with Crippen molar-refractivity contribution in [1.29, 1.82) is 0 Å². The van der Waals surface area contributed by atoms with E-state index in [2.05, 4.69) is 23.9 Å². The molecule has 3 nitrogen and oxygen atoms in total. The smallest absolute Gasteiger partial charge is 0.0880 e. The summed E-state index contributed by atoms with van der Waals surface area (Å²) in [5, 5.41) is 4.19. The highest BCUT2D eigenvalue weighted by Crippen LogP contribution is 2.09. The average molecular weight is 180 g/mol. The number of nitrogens with zero attached hydrogens (tertiary/aromatic N) is 3. The van der Waals surface area contributed by atoms with Crippen LogP contribution in [-0.4, -0.2) is 10.1 Å². The molecule has 2 heterocycles. The Hall–Kier alpha value is -1.03. The summed E-state index contributed by atoms with van der Waals surface area (Å²) in [6.45, 7) is 6.17. The quantitative estimate of drug-likeness (QED) is 0.570. The Kier molecular flexibility index (Phi) is 1.58. The highest BCUT2D eigenvalue weighted by Gasteiger charge is 2.15. The van der Waals surface area contributed by atoms with Gasteiger partial charge in [-0.05, 0) is 23.2 Å². The third-order valence-electron chi connectivity index (χ3n) is 2.17. The molecule has 0 fully saturated rings. The van der Waals surface area contributed by atoms with Crippen LogP contribution in [0.15, 0.2) is 5.51 Å². The van der Waals surface area contributed by atoms with Gasteiger partial charge in [0.15, 0.2) is 5.69 Å². The SMILES string of the molecule is Cc1nc2scn[n+]2c(C)c1C. The minimum Gasteiger partial charge on any atom is -0.0880 e. The molecule has 12 heavy (non-hydrogen) atoms. The van der Waals surface area contributed by atoms with Crippen LogP contribution in [-0.2, 0) is 0 Å². The summed E-state index contributed by atoms with van der Waals surface area (Å²) in [4.78, 5) is 5.38. The molecule has 0 aliphatic carbocycles. The maximum absolute atomic E-state index is 4.42. The van der Waals surface area contributed by atoms with E-state index in [1.54, 1.807) is 11.3 Å². The summed E-state index contributed by atoms with van der Waals surface area (Å²) >= 11 is 1.57. The lowest BCUT2D eigenvalue weighted by Gasteiger charge is -1.94. The molecule has 0 aromatic carbocycles. The Balaban J connectivity index is 2.94. The van der Waals surface area contributed by atoms with Gasteiger partial charge in [0.05, 0.1) is 0 Å². The van der Waals surface area contributed by atoms with Crippen LogP contribution in [0.25, 0.3) is 4.96 Å². The zero-order valence-corrected chi connectivity index (χ0v) is 8.14. The van der Waals surface area contributed by atoms with E-state index >= 15 is 0 Å². The predicted octanol–water partition coefficient (Wildman–Crippen LogP) is 1.20. The first-order chi connectivity index (χ1) is 5.70. The van der Waals surface area contributed by atoms with E-state index in [9.17, 15) is 0 Å². The van der Waals surface area contributed by atoms with Crippen LogP contribution in [0.1, 0.15) is 17.0 Å². The van der Waals surface area contributed by atoms with Crippen LogP contribution in [0.5, 0.6) is 0 Å². The molecule has 2 aromatic heterocycles. The Morgan fingerprint density at radius 2 is 2.08 bits per heavy atom. The highest BCUT2D eigenvalue weighted by atomic mass is 32.1. The summed E-state index contributed by atoms with van der Waals surface area (Å²) in [5.41, 5.74) is 5.31. The van der Waals surface area contributed by atoms with Gasteiger partial charge in [0.25, 0.3) is 0 Å². The van der Waals surface area contributed by atoms with Crippen LogP contribution >= 0.6 is 11.3 Å². The first-order valence-electron chi connectivity index (χ1n) is 3.79. The van der Waals surface area contributed by atoms with Crippen molar-refractivity contribution < 1.29 is 4.52 Å². The minimum atomic E-state index is 0.968. The van der Waals surface area contributed by atoms with Crippen LogP contribution < -0.4 is 4.52 Å². The molecular weight excluding hydrogens is 170 g/mol. The lowest BCUT2D eigenvalue weighted by Crippen LogP contribution is -2.29. The fourth-order valence-corrected chi connectivity index (χ4v) is 1.88. The van der Waals surface area contributed by atoms with Crippen LogP contribution in [0.3, 0.4) is 0 Å². The minimum absolute atomic E-state index is 0.968. The molecule has 2 rings (SSSR count). The maximum atomic E-state index is 4.42. The molecular formula is C8H10N3S+. The van der Waals surface area contributed by atoms with Gasteiger partial charge in [0.1, 0.15) is 11.2 Å². The fourth-order valence-electron chi connectivity index (χ4n) is 1.17. The number of hydrogen-bond donors (Lipinski definition) is 0. The van der Waals surface area contributed by atoms with Crippen molar-refractivity contribution in [2.45, 2.75) is 20.8 Å². The molecule has 62 valence electrons. The van der Waals surface area contributed by atoms with Gasteiger partial charge in [-0.2, -0.15) is 0 Å². The monoisotopic (exact) mass is 180 g/mol. The van der Waals surface area contributed by atoms with Gasteiger partial charge < -0.3 is 0 Å². The van der Waals surface area contributed by atoms with E-state index < -0.39 is 0 Å². The maximum Gasteiger partial charge on any atom is 0.409 e. The summed E-state index contributed by atoms with van der Waals surface area (Å²) in [5.74, 6) is 0. The van der Waals surface area contributed by atoms with E-state index in [0.29, 0.717) is 0 Å². The van der Waals surface area contributed by atoms with Crippen molar-refractivity contribution in [2.75, 3.05) is 0 Å². The lowest BCUT2D eigenvalue weighted by atomic mass is 10.2. The third kappa shape index (κ3) is 0.914. The van der Waals surface area contributed by atoms with E-state index in [1.165, 1.54) is 11.3 Å². The van der Waals surface area contributed by atoms with E-state index in [-0.39, 0.29) is 0 Å². The second-order valence-corrected chi connectivity index (χ2v) is 3.65. The van der Waals surface area contributed by atoms with Crippen molar-refractivity contribution >= 4 is 16.3 Å². The molecule has 4 heteroatoms. The number of hydrogen-bond acceptors (Lipinski definition) is 3. The Morgan fingerprint density at radius 1 is 1.33 bits per heavy atom. The average Bonchev–Trinajstić information content (AvgIpc) is 2.48. The van der Waals surface area contributed by atoms with E-state index in [0.717, 1.165) is 10.7 Å². The summed E-state index contributed by atoms with van der Waals surface area (Å²) < 4.78 is 1.88. The van der Waals surface area contributed by atoms with Gasteiger partial charge >= 0.3 is 4.96 Å². The van der Waals surface area contributed by atoms with Gasteiger partial charge in [-0.15, -0.1) is 0 Å². The summed E-state index contributed by atoms with van der Waals surface area (Å²) in [6, 6.07) is 0. The first-order valence-corrected chi connectivity index (χ1v) is 4.67. The zero-order chi connectivity index (χ0) is 8.72. The highest BCUT2D eigenvalue weighted by molar-refractivity contribution is 7.14. The van der Waals surface area contributed by atoms with Crippen LogP contribution in [0.4, 0.5) is 0 Å². The second kappa shape index (κ2) is 2.48. The first kappa shape index (κ1) is 7.61. The molecule has 2 aromatic rings. The van der Waals surface area contributed by atoms with E-state index in [1.807, 2.05) is 16.9 Å². The van der Waals surface area contributed by atoms with Crippen LogP contribution in [0, 0.1) is 20.8 Å². The molecule has 0 saturated carbocycles. The number of fused-ring (bicyclic) bond motifs is 1. The van der Waals surface area contributed by atoms with Crippen molar-refractivity contribution in [2.24, 2.45) is 0 Å².